The average molecular weight is 429 g/mol. The fraction of sp³-hybridized carbons (Fsp3) is 0.619. The summed E-state index contributed by atoms with van der Waals surface area (Å²) in [4.78, 5) is 20.9. The summed E-state index contributed by atoms with van der Waals surface area (Å²) in [5.74, 6) is 2.32. The van der Waals surface area contributed by atoms with E-state index in [1.165, 1.54) is 12.8 Å². The summed E-state index contributed by atoms with van der Waals surface area (Å²) in [7, 11) is 0. The molecule has 2 heterocycles. The van der Waals surface area contributed by atoms with Gasteiger partial charge < -0.3 is 15.6 Å². The van der Waals surface area contributed by atoms with Gasteiger partial charge in [0, 0.05) is 6.42 Å². The Kier molecular flexibility index (Phi) is 10.3. The molecule has 4 atom stereocenters. The number of para-hydroxylation sites is 2. The fourth-order valence-corrected chi connectivity index (χ4v) is 3.89. The highest BCUT2D eigenvalue weighted by Gasteiger charge is 2.26. The van der Waals surface area contributed by atoms with Crippen LogP contribution in [0.1, 0.15) is 58.3 Å². The standard InChI is InChI=1S/C21H32N4O.2ClH/c1-4-14(2)20(21-23-17-9-5-6-10-18(17)24-21)25-19(26)12-15(3)16-8-7-11-22-13-16;;/h5-6,9-10,14-16,20,22H,4,7-8,11-13H2,1-3H3,(H,23,24)(H,25,26);2*1H. The lowest BCUT2D eigenvalue weighted by molar-refractivity contribution is -0.123. The van der Waals surface area contributed by atoms with Crippen molar-refractivity contribution in [2.45, 2.75) is 52.5 Å². The first-order valence-corrected chi connectivity index (χ1v) is 10.0. The van der Waals surface area contributed by atoms with Crippen molar-refractivity contribution in [3.05, 3.63) is 30.1 Å². The second-order valence-corrected chi connectivity index (χ2v) is 7.86. The highest BCUT2D eigenvalue weighted by Crippen LogP contribution is 2.26. The first kappa shape index (κ1) is 24.7. The van der Waals surface area contributed by atoms with Gasteiger partial charge >= 0.3 is 0 Å². The molecule has 4 unspecified atom stereocenters. The number of amides is 1. The SMILES string of the molecule is CCC(C)C(NC(=O)CC(C)C1CCCNC1)c1nc2ccccc2[nH]1.Cl.Cl. The molecule has 1 aliphatic heterocycles. The molecule has 158 valence electrons. The number of carbonyl (C=O) groups excluding carboxylic acids is 1. The van der Waals surface area contributed by atoms with Crippen LogP contribution in [0.2, 0.25) is 0 Å². The van der Waals surface area contributed by atoms with Crippen LogP contribution < -0.4 is 10.6 Å². The number of piperidine rings is 1. The van der Waals surface area contributed by atoms with Crippen molar-refractivity contribution < 1.29 is 4.79 Å². The predicted molar refractivity (Wildman–Crippen MR) is 120 cm³/mol. The van der Waals surface area contributed by atoms with Gasteiger partial charge in [-0.2, -0.15) is 0 Å². The zero-order valence-corrected chi connectivity index (χ0v) is 18.7. The molecule has 0 bridgehead atoms. The van der Waals surface area contributed by atoms with Gasteiger partial charge in [-0.3, -0.25) is 4.79 Å². The number of fused-ring (bicyclic) bond motifs is 1. The van der Waals surface area contributed by atoms with Crippen LogP contribution in [0.25, 0.3) is 11.0 Å². The number of imidazole rings is 1. The van der Waals surface area contributed by atoms with Gasteiger partial charge in [-0.1, -0.05) is 39.3 Å². The maximum Gasteiger partial charge on any atom is 0.220 e. The van der Waals surface area contributed by atoms with Crippen LogP contribution in [-0.4, -0.2) is 29.0 Å². The summed E-state index contributed by atoms with van der Waals surface area (Å²) in [5, 5.41) is 6.71. The molecule has 0 saturated carbocycles. The number of nitrogens with one attached hydrogen (secondary N) is 3. The predicted octanol–water partition coefficient (Wildman–Crippen LogP) is 4.64. The van der Waals surface area contributed by atoms with Gasteiger partial charge in [0.25, 0.3) is 0 Å². The quantitative estimate of drug-likeness (QED) is 0.601. The third kappa shape index (κ3) is 6.10. The Morgan fingerprint density at radius 1 is 1.29 bits per heavy atom. The molecule has 2 aromatic rings. The number of hydrogen-bond acceptors (Lipinski definition) is 3. The molecular weight excluding hydrogens is 395 g/mol. The monoisotopic (exact) mass is 428 g/mol. The van der Waals surface area contributed by atoms with Gasteiger partial charge in [-0.25, -0.2) is 4.98 Å². The Labute approximate surface area is 180 Å². The normalized spacial score (nSPS) is 19.8. The van der Waals surface area contributed by atoms with Crippen molar-refractivity contribution in [3.8, 4) is 0 Å². The maximum atomic E-state index is 12.7. The van der Waals surface area contributed by atoms with Crippen LogP contribution in [-0.2, 0) is 4.79 Å². The molecule has 1 aromatic heterocycles. The van der Waals surface area contributed by atoms with E-state index in [0.29, 0.717) is 24.2 Å². The summed E-state index contributed by atoms with van der Waals surface area (Å²) in [6.07, 6.45) is 4.01. The smallest absolute Gasteiger partial charge is 0.220 e. The third-order valence-electron chi connectivity index (χ3n) is 5.88. The van der Waals surface area contributed by atoms with Crippen LogP contribution in [0.4, 0.5) is 0 Å². The maximum absolute atomic E-state index is 12.7. The van der Waals surface area contributed by atoms with Gasteiger partial charge in [-0.15, -0.1) is 24.8 Å². The summed E-state index contributed by atoms with van der Waals surface area (Å²) >= 11 is 0. The second-order valence-electron chi connectivity index (χ2n) is 7.86. The molecule has 0 radical (unpaired) electrons. The minimum atomic E-state index is -0.0726. The van der Waals surface area contributed by atoms with Crippen LogP contribution in [0, 0.1) is 17.8 Å². The molecule has 7 heteroatoms. The Balaban J connectivity index is 0.00000196. The number of carbonyl (C=O) groups is 1. The number of aromatic amines is 1. The first-order chi connectivity index (χ1) is 12.6. The number of benzene rings is 1. The zero-order chi connectivity index (χ0) is 18.5. The van der Waals surface area contributed by atoms with Crippen LogP contribution in [0.15, 0.2) is 24.3 Å². The number of hydrogen-bond donors (Lipinski definition) is 3. The van der Waals surface area contributed by atoms with Crippen molar-refractivity contribution in [1.29, 1.82) is 0 Å². The highest BCUT2D eigenvalue weighted by atomic mass is 35.5. The molecule has 0 aliphatic carbocycles. The Hall–Kier alpha value is -1.30. The highest BCUT2D eigenvalue weighted by molar-refractivity contribution is 5.85. The topological polar surface area (TPSA) is 69.8 Å². The molecule has 1 fully saturated rings. The third-order valence-corrected chi connectivity index (χ3v) is 5.88. The lowest BCUT2D eigenvalue weighted by Gasteiger charge is -2.29. The molecule has 3 N–H and O–H groups in total. The molecule has 28 heavy (non-hydrogen) atoms. The number of halogens is 2. The van der Waals surface area contributed by atoms with Gasteiger partial charge in [0.1, 0.15) is 5.82 Å². The van der Waals surface area contributed by atoms with E-state index in [1.807, 2.05) is 24.3 Å². The molecule has 3 rings (SSSR count). The van der Waals surface area contributed by atoms with E-state index >= 15 is 0 Å². The van der Waals surface area contributed by atoms with Gasteiger partial charge in [-0.05, 0) is 55.8 Å². The molecule has 1 saturated heterocycles. The summed E-state index contributed by atoms with van der Waals surface area (Å²) in [6.45, 7) is 8.68. The Bertz CT molecular complexity index is 697. The molecular formula is C21H34Cl2N4O. The lowest BCUT2D eigenvalue weighted by atomic mass is 9.85. The van der Waals surface area contributed by atoms with E-state index in [2.05, 4.69) is 36.4 Å². The Morgan fingerprint density at radius 3 is 2.68 bits per heavy atom. The minimum Gasteiger partial charge on any atom is -0.346 e. The van der Waals surface area contributed by atoms with Crippen LogP contribution in [0.3, 0.4) is 0 Å². The molecule has 1 amide bonds. The number of rotatable bonds is 7. The molecule has 5 nitrogen and oxygen atoms in total. The van der Waals surface area contributed by atoms with Crippen LogP contribution in [0.5, 0.6) is 0 Å². The molecule has 1 aliphatic rings. The summed E-state index contributed by atoms with van der Waals surface area (Å²) in [6, 6.07) is 7.95. The van der Waals surface area contributed by atoms with Crippen molar-refractivity contribution in [2.24, 2.45) is 17.8 Å². The number of nitrogens with zero attached hydrogens (tertiary/aromatic N) is 1. The minimum absolute atomic E-state index is 0. The molecule has 0 spiro atoms. The first-order valence-electron chi connectivity index (χ1n) is 10.0. The summed E-state index contributed by atoms with van der Waals surface area (Å²) < 4.78 is 0. The van der Waals surface area contributed by atoms with Crippen molar-refractivity contribution in [3.63, 3.8) is 0 Å². The number of H-pyrrole nitrogens is 1. The largest absolute Gasteiger partial charge is 0.346 e. The van der Waals surface area contributed by atoms with E-state index in [9.17, 15) is 4.79 Å². The average Bonchev–Trinajstić information content (AvgIpc) is 3.10. The lowest BCUT2D eigenvalue weighted by Crippen LogP contribution is -2.37. The zero-order valence-electron chi connectivity index (χ0n) is 17.0. The van der Waals surface area contributed by atoms with Crippen LogP contribution >= 0.6 is 24.8 Å². The summed E-state index contributed by atoms with van der Waals surface area (Å²) in [5.41, 5.74) is 1.97. The second kappa shape index (κ2) is 11.6. The number of aromatic nitrogens is 2. The van der Waals surface area contributed by atoms with Crippen molar-refractivity contribution in [2.75, 3.05) is 13.1 Å². The van der Waals surface area contributed by atoms with Gasteiger partial charge in [0.15, 0.2) is 0 Å². The van der Waals surface area contributed by atoms with E-state index in [4.69, 9.17) is 4.98 Å². The van der Waals surface area contributed by atoms with E-state index in [-0.39, 0.29) is 36.8 Å². The van der Waals surface area contributed by atoms with Gasteiger partial charge in [0.2, 0.25) is 5.91 Å². The van der Waals surface area contributed by atoms with E-state index in [1.54, 1.807) is 0 Å². The van der Waals surface area contributed by atoms with Crippen molar-refractivity contribution in [1.82, 2.24) is 20.6 Å². The van der Waals surface area contributed by atoms with Gasteiger partial charge in [0.05, 0.1) is 17.1 Å². The van der Waals surface area contributed by atoms with E-state index < -0.39 is 0 Å². The Morgan fingerprint density at radius 2 is 2.04 bits per heavy atom. The fourth-order valence-electron chi connectivity index (χ4n) is 3.89. The molecule has 1 aromatic carbocycles. The van der Waals surface area contributed by atoms with Crippen molar-refractivity contribution >= 4 is 41.8 Å². The van der Waals surface area contributed by atoms with E-state index in [0.717, 1.165) is 36.4 Å².